The second kappa shape index (κ2) is 6.42. The first-order valence-electron chi connectivity index (χ1n) is 7.51. The second-order valence-corrected chi connectivity index (χ2v) is 6.90. The van der Waals surface area contributed by atoms with E-state index in [2.05, 4.69) is 5.32 Å². The van der Waals surface area contributed by atoms with Gasteiger partial charge in [0.15, 0.2) is 0 Å². The molecule has 120 valence electrons. The second-order valence-electron chi connectivity index (χ2n) is 5.46. The summed E-state index contributed by atoms with van der Waals surface area (Å²) in [5, 5.41) is 2.88. The maximum Gasteiger partial charge on any atom is 0.231 e. The number of alkyl halides is 2. The topological polar surface area (TPSA) is 38.3 Å². The number of para-hydroxylation sites is 2. The van der Waals surface area contributed by atoms with E-state index in [9.17, 15) is 4.79 Å². The van der Waals surface area contributed by atoms with Crippen molar-refractivity contribution in [2.75, 3.05) is 11.9 Å². The number of nitrogens with one attached hydrogen (secondary N) is 1. The fourth-order valence-corrected chi connectivity index (χ4v) is 3.62. The highest BCUT2D eigenvalue weighted by atomic mass is 35.5. The molecule has 0 aromatic heterocycles. The molecule has 0 heterocycles. The molecular weight excluding hydrogens is 333 g/mol. The van der Waals surface area contributed by atoms with Crippen LogP contribution in [-0.2, 0) is 4.79 Å². The lowest BCUT2D eigenvalue weighted by molar-refractivity contribution is -0.117. The molecule has 0 aliphatic heterocycles. The molecule has 0 unspecified atom stereocenters. The Labute approximate surface area is 145 Å². The molecule has 1 N–H and O–H groups in total. The van der Waals surface area contributed by atoms with E-state index in [1.54, 1.807) is 6.07 Å². The minimum Gasteiger partial charge on any atom is -0.492 e. The monoisotopic (exact) mass is 349 g/mol. The molecule has 0 bridgehead atoms. The lowest BCUT2D eigenvalue weighted by Gasteiger charge is -2.11. The molecule has 2 aromatic rings. The summed E-state index contributed by atoms with van der Waals surface area (Å²) in [7, 11) is 0. The number of carbonyl (C=O) groups excluding carboxylic acids is 1. The van der Waals surface area contributed by atoms with E-state index in [0.717, 1.165) is 5.56 Å². The van der Waals surface area contributed by atoms with Crippen molar-refractivity contribution in [3.63, 3.8) is 0 Å². The lowest BCUT2D eigenvalue weighted by atomic mass is 10.1. The van der Waals surface area contributed by atoms with Crippen molar-refractivity contribution in [3.05, 3.63) is 60.2 Å². The molecule has 3 nitrogen and oxygen atoms in total. The predicted molar refractivity (Wildman–Crippen MR) is 93.4 cm³/mol. The fourth-order valence-electron chi connectivity index (χ4n) is 2.79. The van der Waals surface area contributed by atoms with Crippen molar-refractivity contribution in [1.82, 2.24) is 0 Å². The molecule has 5 heteroatoms. The van der Waals surface area contributed by atoms with Crippen LogP contribution in [0.3, 0.4) is 0 Å². The van der Waals surface area contributed by atoms with Crippen molar-refractivity contribution in [1.29, 1.82) is 0 Å². The quantitative estimate of drug-likeness (QED) is 0.800. The summed E-state index contributed by atoms with van der Waals surface area (Å²) in [6.07, 6.45) is 0. The molecule has 1 saturated carbocycles. The van der Waals surface area contributed by atoms with Crippen LogP contribution in [-0.4, -0.2) is 16.8 Å². The molecule has 0 spiro atoms. The van der Waals surface area contributed by atoms with Crippen LogP contribution in [0.4, 0.5) is 5.69 Å². The third-order valence-electron chi connectivity index (χ3n) is 3.94. The van der Waals surface area contributed by atoms with Crippen molar-refractivity contribution < 1.29 is 9.53 Å². The zero-order valence-electron chi connectivity index (χ0n) is 12.6. The zero-order valence-corrected chi connectivity index (χ0v) is 14.1. The van der Waals surface area contributed by atoms with Crippen LogP contribution < -0.4 is 10.1 Å². The number of hydrogen-bond donors (Lipinski definition) is 1. The molecule has 0 saturated heterocycles. The van der Waals surface area contributed by atoms with Crippen LogP contribution >= 0.6 is 23.2 Å². The van der Waals surface area contributed by atoms with Gasteiger partial charge < -0.3 is 10.1 Å². The standard InChI is InChI=1S/C18H17Cl2NO2/c1-2-23-14-11-7-6-10-13(14)21-17(22)16-15(18(16,19)20)12-8-4-3-5-9-12/h3-11,15-16H,2H2,1H3,(H,21,22)/t15-,16+/m1/s1. The van der Waals surface area contributed by atoms with Crippen LogP contribution in [0.15, 0.2) is 54.6 Å². The van der Waals surface area contributed by atoms with E-state index in [-0.39, 0.29) is 11.8 Å². The lowest BCUT2D eigenvalue weighted by Crippen LogP contribution is -2.17. The van der Waals surface area contributed by atoms with Crippen molar-refractivity contribution in [3.8, 4) is 5.75 Å². The molecule has 3 rings (SSSR count). The van der Waals surface area contributed by atoms with Gasteiger partial charge in [-0.2, -0.15) is 0 Å². The average Bonchev–Trinajstić information content (AvgIpc) is 3.13. The Bertz CT molecular complexity index is 703. The molecular formula is C18H17Cl2NO2. The van der Waals surface area contributed by atoms with E-state index >= 15 is 0 Å². The minimum atomic E-state index is -1.08. The Morgan fingerprint density at radius 2 is 1.78 bits per heavy atom. The highest BCUT2D eigenvalue weighted by Crippen LogP contribution is 2.65. The van der Waals surface area contributed by atoms with Gasteiger partial charge in [-0.25, -0.2) is 0 Å². The molecule has 23 heavy (non-hydrogen) atoms. The van der Waals surface area contributed by atoms with Gasteiger partial charge in [-0.1, -0.05) is 42.5 Å². The first kappa shape index (κ1) is 16.2. The van der Waals surface area contributed by atoms with E-state index in [4.69, 9.17) is 27.9 Å². The van der Waals surface area contributed by atoms with E-state index in [1.807, 2.05) is 55.5 Å². The van der Waals surface area contributed by atoms with E-state index in [1.165, 1.54) is 0 Å². The molecule has 0 radical (unpaired) electrons. The predicted octanol–water partition coefficient (Wildman–Crippen LogP) is 4.61. The van der Waals surface area contributed by atoms with Gasteiger partial charge in [-0.15, -0.1) is 23.2 Å². The highest BCUT2D eigenvalue weighted by molar-refractivity contribution is 6.53. The first-order valence-corrected chi connectivity index (χ1v) is 8.26. The van der Waals surface area contributed by atoms with Gasteiger partial charge in [-0.05, 0) is 24.6 Å². The number of carbonyl (C=O) groups is 1. The summed E-state index contributed by atoms with van der Waals surface area (Å²) < 4.78 is 4.44. The average molecular weight is 350 g/mol. The van der Waals surface area contributed by atoms with Gasteiger partial charge in [0, 0.05) is 5.92 Å². The van der Waals surface area contributed by atoms with Crippen LogP contribution in [0, 0.1) is 5.92 Å². The Kier molecular flexibility index (Phi) is 4.51. The molecule has 1 aliphatic rings. The molecule has 1 fully saturated rings. The third-order valence-corrected chi connectivity index (χ3v) is 4.88. The van der Waals surface area contributed by atoms with Crippen LogP contribution in [0.1, 0.15) is 18.4 Å². The van der Waals surface area contributed by atoms with Gasteiger partial charge in [0.05, 0.1) is 18.2 Å². The maximum absolute atomic E-state index is 12.6. The van der Waals surface area contributed by atoms with Crippen molar-refractivity contribution in [2.24, 2.45) is 5.92 Å². The first-order chi connectivity index (χ1) is 11.1. The Morgan fingerprint density at radius 1 is 1.13 bits per heavy atom. The fraction of sp³-hybridized carbons (Fsp3) is 0.278. The third kappa shape index (κ3) is 3.17. The number of ether oxygens (including phenoxy) is 1. The van der Waals surface area contributed by atoms with Crippen LogP contribution in [0.2, 0.25) is 0 Å². The van der Waals surface area contributed by atoms with Crippen LogP contribution in [0.25, 0.3) is 0 Å². The van der Waals surface area contributed by atoms with Crippen molar-refractivity contribution in [2.45, 2.75) is 17.2 Å². The maximum atomic E-state index is 12.6. The largest absolute Gasteiger partial charge is 0.492 e. The summed E-state index contributed by atoms with van der Waals surface area (Å²) in [6, 6.07) is 16.9. The van der Waals surface area contributed by atoms with Gasteiger partial charge in [-0.3, -0.25) is 4.79 Å². The summed E-state index contributed by atoms with van der Waals surface area (Å²) in [4.78, 5) is 12.6. The van der Waals surface area contributed by atoms with Crippen LogP contribution in [0.5, 0.6) is 5.75 Å². The van der Waals surface area contributed by atoms with E-state index in [0.29, 0.717) is 18.0 Å². The van der Waals surface area contributed by atoms with E-state index < -0.39 is 10.3 Å². The number of halogens is 2. The van der Waals surface area contributed by atoms with Crippen molar-refractivity contribution >= 4 is 34.8 Å². The molecule has 1 aliphatic carbocycles. The number of amides is 1. The van der Waals surface area contributed by atoms with Gasteiger partial charge >= 0.3 is 0 Å². The van der Waals surface area contributed by atoms with Gasteiger partial charge in [0.25, 0.3) is 0 Å². The summed E-state index contributed by atoms with van der Waals surface area (Å²) in [6.45, 7) is 2.42. The Hall–Kier alpha value is -1.71. The Morgan fingerprint density at radius 3 is 2.48 bits per heavy atom. The molecule has 1 amide bonds. The molecule has 2 atom stereocenters. The smallest absolute Gasteiger partial charge is 0.231 e. The molecule has 2 aromatic carbocycles. The summed E-state index contributed by atoms with van der Waals surface area (Å²) in [5.41, 5.74) is 1.60. The normalized spacial score (nSPS) is 21.5. The Balaban J connectivity index is 1.77. The number of rotatable bonds is 5. The number of benzene rings is 2. The number of anilines is 1. The summed E-state index contributed by atoms with van der Waals surface area (Å²) >= 11 is 12.7. The zero-order chi connectivity index (χ0) is 16.4. The summed E-state index contributed by atoms with van der Waals surface area (Å²) in [5.74, 6) is -0.250. The van der Waals surface area contributed by atoms with Gasteiger partial charge in [0.2, 0.25) is 5.91 Å². The highest BCUT2D eigenvalue weighted by Gasteiger charge is 2.67. The number of hydrogen-bond acceptors (Lipinski definition) is 2. The minimum absolute atomic E-state index is 0.198. The van der Waals surface area contributed by atoms with Gasteiger partial charge in [0.1, 0.15) is 10.1 Å². The SMILES string of the molecule is CCOc1ccccc1NC(=O)[C@@H]1[C@@H](c2ccccc2)C1(Cl)Cl.